The first-order valence-corrected chi connectivity index (χ1v) is 6.82. The van der Waals surface area contributed by atoms with E-state index in [1.807, 2.05) is 7.05 Å². The minimum Gasteiger partial charge on any atom is -0.354 e. The molecule has 19 heavy (non-hydrogen) atoms. The Kier molecular flexibility index (Phi) is 4.10. The predicted octanol–water partition coefficient (Wildman–Crippen LogP) is 1.22. The molecule has 0 spiro atoms. The minimum absolute atomic E-state index is 0.102. The highest BCUT2D eigenvalue weighted by Gasteiger charge is 2.33. The predicted molar refractivity (Wildman–Crippen MR) is 78.6 cm³/mol. The number of hydrogen-bond donors (Lipinski definition) is 2. The van der Waals surface area contributed by atoms with Gasteiger partial charge in [-0.3, -0.25) is 4.79 Å². The lowest BCUT2D eigenvalue weighted by Gasteiger charge is -2.42. The van der Waals surface area contributed by atoms with Gasteiger partial charge in [0, 0.05) is 24.8 Å². The number of carbonyl (C=O) groups is 1. The molecule has 0 saturated carbocycles. The van der Waals surface area contributed by atoms with Crippen molar-refractivity contribution in [3.8, 4) is 0 Å². The minimum atomic E-state index is -0.143. The number of aryl methyl sites for hydroxylation is 2. The van der Waals surface area contributed by atoms with Gasteiger partial charge in [0.1, 0.15) is 6.04 Å². The topological polar surface area (TPSA) is 44.4 Å². The second-order valence-corrected chi connectivity index (χ2v) is 5.34. The Balaban J connectivity index is 2.36. The molecule has 0 aromatic heterocycles. The van der Waals surface area contributed by atoms with Gasteiger partial charge in [0.15, 0.2) is 0 Å². The van der Waals surface area contributed by atoms with E-state index < -0.39 is 0 Å². The van der Waals surface area contributed by atoms with Crippen LogP contribution in [0.2, 0.25) is 0 Å². The van der Waals surface area contributed by atoms with Crippen molar-refractivity contribution in [1.82, 2.24) is 10.6 Å². The summed E-state index contributed by atoms with van der Waals surface area (Å²) >= 11 is 0. The van der Waals surface area contributed by atoms with Crippen LogP contribution in [0, 0.1) is 13.8 Å². The monoisotopic (exact) mass is 261 g/mol. The van der Waals surface area contributed by atoms with Gasteiger partial charge >= 0.3 is 0 Å². The van der Waals surface area contributed by atoms with Crippen LogP contribution in [0.1, 0.15) is 18.1 Å². The highest BCUT2D eigenvalue weighted by atomic mass is 16.2. The number of nitrogens with zero attached hydrogens (tertiary/aromatic N) is 1. The van der Waals surface area contributed by atoms with E-state index in [1.165, 1.54) is 11.1 Å². The molecule has 4 heteroatoms. The molecule has 2 rings (SSSR count). The van der Waals surface area contributed by atoms with E-state index in [0.717, 1.165) is 5.69 Å². The Morgan fingerprint density at radius 2 is 2.11 bits per heavy atom. The SMILES string of the molecule is CNCC1C(=O)NCC(C)N1c1ccc(C)c(C)c1. The first-order chi connectivity index (χ1) is 9.04. The number of rotatable bonds is 3. The number of anilines is 1. The molecule has 4 nitrogen and oxygen atoms in total. The average Bonchev–Trinajstić information content (AvgIpc) is 2.38. The Labute approximate surface area is 115 Å². The molecule has 2 unspecified atom stereocenters. The fourth-order valence-electron chi connectivity index (χ4n) is 2.60. The first kappa shape index (κ1) is 13.9. The molecule has 1 aromatic carbocycles. The molecule has 1 fully saturated rings. The number of likely N-dealkylation sites (N-methyl/N-ethyl adjacent to an activating group) is 1. The van der Waals surface area contributed by atoms with Crippen molar-refractivity contribution in [1.29, 1.82) is 0 Å². The van der Waals surface area contributed by atoms with Crippen molar-refractivity contribution in [2.45, 2.75) is 32.9 Å². The Hall–Kier alpha value is -1.55. The molecular formula is C15H23N3O. The summed E-state index contributed by atoms with van der Waals surface area (Å²) in [5.41, 5.74) is 3.67. The van der Waals surface area contributed by atoms with E-state index in [1.54, 1.807) is 0 Å². The van der Waals surface area contributed by atoms with E-state index in [-0.39, 0.29) is 11.9 Å². The van der Waals surface area contributed by atoms with Crippen LogP contribution in [0.3, 0.4) is 0 Å². The molecule has 1 aromatic rings. The molecule has 0 aliphatic carbocycles. The van der Waals surface area contributed by atoms with Crippen molar-refractivity contribution < 1.29 is 4.79 Å². The quantitative estimate of drug-likeness (QED) is 0.860. The van der Waals surface area contributed by atoms with Gasteiger partial charge in [-0.15, -0.1) is 0 Å². The third-order valence-corrected chi connectivity index (χ3v) is 3.87. The fraction of sp³-hybridized carbons (Fsp3) is 0.533. The summed E-state index contributed by atoms with van der Waals surface area (Å²) < 4.78 is 0. The smallest absolute Gasteiger partial charge is 0.244 e. The highest BCUT2D eigenvalue weighted by Crippen LogP contribution is 2.24. The third kappa shape index (κ3) is 2.73. The Morgan fingerprint density at radius 3 is 2.74 bits per heavy atom. The van der Waals surface area contributed by atoms with E-state index in [9.17, 15) is 4.79 Å². The van der Waals surface area contributed by atoms with Gasteiger partial charge in [-0.2, -0.15) is 0 Å². The number of amides is 1. The van der Waals surface area contributed by atoms with Gasteiger partial charge in [0.25, 0.3) is 0 Å². The number of benzene rings is 1. The van der Waals surface area contributed by atoms with E-state index in [2.05, 4.69) is 54.5 Å². The zero-order chi connectivity index (χ0) is 14.0. The van der Waals surface area contributed by atoms with Gasteiger partial charge in [-0.1, -0.05) is 6.07 Å². The maximum atomic E-state index is 12.1. The molecule has 0 bridgehead atoms. The van der Waals surface area contributed by atoms with Crippen molar-refractivity contribution in [3.05, 3.63) is 29.3 Å². The van der Waals surface area contributed by atoms with Crippen LogP contribution in [-0.4, -0.2) is 38.1 Å². The number of nitrogens with one attached hydrogen (secondary N) is 2. The summed E-state index contributed by atoms with van der Waals surface area (Å²) in [4.78, 5) is 14.3. The first-order valence-electron chi connectivity index (χ1n) is 6.82. The van der Waals surface area contributed by atoms with Crippen molar-refractivity contribution in [3.63, 3.8) is 0 Å². The van der Waals surface area contributed by atoms with Gasteiger partial charge in [0.05, 0.1) is 0 Å². The second kappa shape index (κ2) is 5.61. The standard InChI is InChI=1S/C15H23N3O/c1-10-5-6-13(7-11(10)2)18-12(3)8-17-15(19)14(18)9-16-4/h5-7,12,14,16H,8-9H2,1-4H3,(H,17,19). The van der Waals surface area contributed by atoms with Crippen LogP contribution in [0.4, 0.5) is 5.69 Å². The van der Waals surface area contributed by atoms with Gasteiger partial charge < -0.3 is 15.5 Å². The third-order valence-electron chi connectivity index (χ3n) is 3.87. The molecule has 1 amide bonds. The van der Waals surface area contributed by atoms with Gasteiger partial charge in [0.2, 0.25) is 5.91 Å². The van der Waals surface area contributed by atoms with Crippen LogP contribution >= 0.6 is 0 Å². The van der Waals surface area contributed by atoms with Crippen molar-refractivity contribution >= 4 is 11.6 Å². The summed E-state index contributed by atoms with van der Waals surface area (Å²) in [5, 5.41) is 6.08. The molecule has 1 aliphatic rings. The lowest BCUT2D eigenvalue weighted by atomic mass is 10.0. The molecule has 104 valence electrons. The van der Waals surface area contributed by atoms with Crippen molar-refractivity contribution in [2.75, 3.05) is 25.0 Å². The highest BCUT2D eigenvalue weighted by molar-refractivity contribution is 5.87. The molecular weight excluding hydrogens is 238 g/mol. The van der Waals surface area contributed by atoms with Crippen LogP contribution < -0.4 is 15.5 Å². The summed E-state index contributed by atoms with van der Waals surface area (Å²) in [6.07, 6.45) is 0. The van der Waals surface area contributed by atoms with Crippen molar-refractivity contribution in [2.24, 2.45) is 0 Å². The summed E-state index contributed by atoms with van der Waals surface area (Å²) in [7, 11) is 1.88. The average molecular weight is 261 g/mol. The molecule has 1 heterocycles. The number of hydrogen-bond acceptors (Lipinski definition) is 3. The summed E-state index contributed by atoms with van der Waals surface area (Å²) in [6.45, 7) is 7.73. The molecule has 2 N–H and O–H groups in total. The van der Waals surface area contributed by atoms with E-state index in [4.69, 9.17) is 0 Å². The van der Waals surface area contributed by atoms with Crippen LogP contribution in [0.5, 0.6) is 0 Å². The lowest BCUT2D eigenvalue weighted by Crippen LogP contribution is -2.62. The largest absolute Gasteiger partial charge is 0.354 e. The van der Waals surface area contributed by atoms with Crippen LogP contribution in [-0.2, 0) is 4.79 Å². The Bertz CT molecular complexity index is 472. The number of carbonyl (C=O) groups excluding carboxylic acids is 1. The zero-order valence-corrected chi connectivity index (χ0v) is 12.2. The van der Waals surface area contributed by atoms with Gasteiger partial charge in [-0.25, -0.2) is 0 Å². The second-order valence-electron chi connectivity index (χ2n) is 5.34. The lowest BCUT2D eigenvalue weighted by molar-refractivity contribution is -0.123. The zero-order valence-electron chi connectivity index (χ0n) is 12.2. The maximum Gasteiger partial charge on any atom is 0.244 e. The molecule has 2 atom stereocenters. The molecule has 1 saturated heterocycles. The number of piperazine rings is 1. The van der Waals surface area contributed by atoms with Crippen LogP contribution in [0.15, 0.2) is 18.2 Å². The van der Waals surface area contributed by atoms with E-state index in [0.29, 0.717) is 19.1 Å². The molecule has 0 radical (unpaired) electrons. The Morgan fingerprint density at radius 1 is 1.37 bits per heavy atom. The molecule has 1 aliphatic heterocycles. The van der Waals surface area contributed by atoms with Crippen LogP contribution in [0.25, 0.3) is 0 Å². The summed E-state index contributed by atoms with van der Waals surface area (Å²) in [5.74, 6) is 0.102. The van der Waals surface area contributed by atoms with Gasteiger partial charge in [-0.05, 0) is 51.1 Å². The maximum absolute atomic E-state index is 12.1. The van der Waals surface area contributed by atoms with E-state index >= 15 is 0 Å². The fourth-order valence-corrected chi connectivity index (χ4v) is 2.60. The summed E-state index contributed by atoms with van der Waals surface area (Å²) in [6, 6.07) is 6.57. The normalized spacial score (nSPS) is 23.4.